The van der Waals surface area contributed by atoms with E-state index < -0.39 is 5.97 Å². The second-order valence-electron chi connectivity index (χ2n) is 5.94. The van der Waals surface area contributed by atoms with Gasteiger partial charge in [-0.2, -0.15) is 0 Å². The third-order valence-electron chi connectivity index (χ3n) is 4.32. The highest BCUT2D eigenvalue weighted by molar-refractivity contribution is 5.95. The Kier molecular flexibility index (Phi) is 4.13. The summed E-state index contributed by atoms with van der Waals surface area (Å²) in [6.07, 6.45) is 7.20. The molecule has 0 atom stereocenters. The van der Waals surface area contributed by atoms with Gasteiger partial charge in [-0.3, -0.25) is 9.59 Å². The lowest BCUT2D eigenvalue weighted by atomic mass is 9.88. The fraction of sp³-hybridized carbons (Fsp3) is 0.412. The molecule has 0 aliphatic heterocycles. The monoisotopic (exact) mass is 300 g/mol. The average Bonchev–Trinajstić information content (AvgIpc) is 2.90. The first kappa shape index (κ1) is 14.6. The first-order valence-corrected chi connectivity index (χ1v) is 7.75. The first-order chi connectivity index (χ1) is 10.6. The molecule has 0 radical (unpaired) electrons. The molecule has 3 rings (SSSR count). The predicted molar refractivity (Wildman–Crippen MR) is 84.8 cm³/mol. The molecule has 1 aromatic carbocycles. The van der Waals surface area contributed by atoms with Crippen molar-refractivity contribution in [2.45, 2.75) is 38.6 Å². The van der Waals surface area contributed by atoms with Crippen molar-refractivity contribution in [2.24, 2.45) is 5.92 Å². The van der Waals surface area contributed by atoms with Gasteiger partial charge in [-0.15, -0.1) is 0 Å². The highest BCUT2D eigenvalue weighted by Crippen LogP contribution is 2.26. The molecule has 22 heavy (non-hydrogen) atoms. The lowest BCUT2D eigenvalue weighted by Gasteiger charge is -2.20. The van der Waals surface area contributed by atoms with E-state index in [1.54, 1.807) is 10.8 Å². The van der Waals surface area contributed by atoms with E-state index in [-0.39, 0.29) is 18.4 Å². The van der Waals surface area contributed by atoms with Gasteiger partial charge >= 0.3 is 5.97 Å². The van der Waals surface area contributed by atoms with Crippen LogP contribution in [-0.4, -0.2) is 21.6 Å². The number of fused-ring (bicyclic) bond motifs is 1. The van der Waals surface area contributed by atoms with Crippen molar-refractivity contribution in [3.8, 4) is 0 Å². The third kappa shape index (κ3) is 3.13. The van der Waals surface area contributed by atoms with Gasteiger partial charge < -0.3 is 15.0 Å². The third-order valence-corrected chi connectivity index (χ3v) is 4.32. The molecule has 0 unspecified atom stereocenters. The fourth-order valence-corrected chi connectivity index (χ4v) is 3.17. The van der Waals surface area contributed by atoms with Crippen LogP contribution in [0.1, 0.15) is 32.1 Å². The number of hydrogen-bond acceptors (Lipinski definition) is 2. The van der Waals surface area contributed by atoms with Gasteiger partial charge in [0, 0.05) is 28.7 Å². The second kappa shape index (κ2) is 6.22. The van der Waals surface area contributed by atoms with Crippen LogP contribution in [0.3, 0.4) is 0 Å². The Balaban J connectivity index is 1.74. The molecule has 2 N–H and O–H groups in total. The minimum atomic E-state index is -0.868. The smallest absolute Gasteiger partial charge is 0.323 e. The normalized spacial score (nSPS) is 15.8. The molecule has 1 aromatic heterocycles. The van der Waals surface area contributed by atoms with Gasteiger partial charge in [-0.1, -0.05) is 19.3 Å². The number of aliphatic carboxylic acids is 1. The Labute approximate surface area is 128 Å². The van der Waals surface area contributed by atoms with E-state index >= 15 is 0 Å². The van der Waals surface area contributed by atoms with Crippen LogP contribution in [0.5, 0.6) is 0 Å². The van der Waals surface area contributed by atoms with E-state index in [0.717, 1.165) is 42.3 Å². The van der Waals surface area contributed by atoms with Crippen molar-refractivity contribution in [1.29, 1.82) is 0 Å². The van der Waals surface area contributed by atoms with Gasteiger partial charge in [-0.05, 0) is 37.1 Å². The summed E-state index contributed by atoms with van der Waals surface area (Å²) >= 11 is 0. The molecule has 5 nitrogen and oxygen atoms in total. The molecule has 2 aromatic rings. The van der Waals surface area contributed by atoms with Crippen LogP contribution in [-0.2, 0) is 16.1 Å². The summed E-state index contributed by atoms with van der Waals surface area (Å²) in [5.41, 5.74) is 1.63. The highest BCUT2D eigenvalue weighted by atomic mass is 16.4. The number of nitrogens with one attached hydrogen (secondary N) is 1. The maximum atomic E-state index is 12.3. The number of carbonyl (C=O) groups is 2. The van der Waals surface area contributed by atoms with Crippen molar-refractivity contribution in [3.63, 3.8) is 0 Å². The van der Waals surface area contributed by atoms with Crippen LogP contribution in [0.4, 0.5) is 5.69 Å². The van der Waals surface area contributed by atoms with Gasteiger partial charge in [-0.25, -0.2) is 0 Å². The number of rotatable bonds is 4. The number of hydrogen-bond donors (Lipinski definition) is 2. The maximum absolute atomic E-state index is 12.3. The molecule has 1 saturated carbocycles. The van der Waals surface area contributed by atoms with Gasteiger partial charge in [0.25, 0.3) is 0 Å². The molecule has 1 heterocycles. The Morgan fingerprint density at radius 2 is 1.95 bits per heavy atom. The number of benzene rings is 1. The van der Waals surface area contributed by atoms with E-state index in [9.17, 15) is 9.59 Å². The number of carboxylic acids is 1. The average molecular weight is 300 g/mol. The lowest BCUT2D eigenvalue weighted by molar-refractivity contribution is -0.137. The molecule has 0 bridgehead atoms. The molecule has 1 fully saturated rings. The number of carboxylic acid groups (broad SMARTS) is 1. The fourth-order valence-electron chi connectivity index (χ4n) is 3.17. The standard InChI is InChI=1S/C17H20N2O3/c20-16(21)11-19-9-8-13-10-14(6-7-15(13)19)18-17(22)12-4-2-1-3-5-12/h6-10,12H,1-5,11H2,(H,18,22)(H,20,21). The van der Waals surface area contributed by atoms with Crippen LogP contribution in [0, 0.1) is 5.92 Å². The SMILES string of the molecule is O=C(O)Cn1ccc2cc(NC(=O)C3CCCCC3)ccc21. The Bertz CT molecular complexity index is 699. The zero-order chi connectivity index (χ0) is 15.5. The summed E-state index contributed by atoms with van der Waals surface area (Å²) in [5.74, 6) is -0.641. The minimum Gasteiger partial charge on any atom is -0.480 e. The van der Waals surface area contributed by atoms with Gasteiger partial charge in [0.2, 0.25) is 5.91 Å². The number of anilines is 1. The summed E-state index contributed by atoms with van der Waals surface area (Å²) in [4.78, 5) is 23.1. The predicted octanol–water partition coefficient (Wildman–Crippen LogP) is 3.24. The van der Waals surface area contributed by atoms with Gasteiger partial charge in [0.1, 0.15) is 6.54 Å². The van der Waals surface area contributed by atoms with Crippen LogP contribution in [0.25, 0.3) is 10.9 Å². The molecule has 1 aliphatic rings. The molecular weight excluding hydrogens is 280 g/mol. The highest BCUT2D eigenvalue weighted by Gasteiger charge is 2.21. The van der Waals surface area contributed by atoms with Crippen molar-refractivity contribution in [2.75, 3.05) is 5.32 Å². The number of amides is 1. The van der Waals surface area contributed by atoms with E-state index in [2.05, 4.69) is 5.32 Å². The van der Waals surface area contributed by atoms with E-state index in [1.165, 1.54) is 6.42 Å². The molecule has 5 heteroatoms. The van der Waals surface area contributed by atoms with Gasteiger partial charge in [0.05, 0.1) is 0 Å². The topological polar surface area (TPSA) is 71.3 Å². The van der Waals surface area contributed by atoms with Crippen LogP contribution < -0.4 is 5.32 Å². The van der Waals surface area contributed by atoms with E-state index in [0.29, 0.717) is 0 Å². The molecule has 1 amide bonds. The van der Waals surface area contributed by atoms with Crippen molar-refractivity contribution in [3.05, 3.63) is 30.5 Å². The Morgan fingerprint density at radius 3 is 2.68 bits per heavy atom. The summed E-state index contributed by atoms with van der Waals surface area (Å²) in [6.45, 7) is -0.0583. The van der Waals surface area contributed by atoms with Crippen LogP contribution in [0.2, 0.25) is 0 Å². The Hall–Kier alpha value is -2.30. The quantitative estimate of drug-likeness (QED) is 0.910. The Morgan fingerprint density at radius 1 is 1.18 bits per heavy atom. The summed E-state index contributed by atoms with van der Waals surface area (Å²) in [6, 6.07) is 7.46. The summed E-state index contributed by atoms with van der Waals surface area (Å²) in [7, 11) is 0. The second-order valence-corrected chi connectivity index (χ2v) is 5.94. The molecule has 116 valence electrons. The number of carbonyl (C=O) groups excluding carboxylic acids is 1. The first-order valence-electron chi connectivity index (χ1n) is 7.75. The molecule has 0 spiro atoms. The number of nitrogens with zero attached hydrogens (tertiary/aromatic N) is 1. The summed E-state index contributed by atoms with van der Waals surface area (Å²) in [5, 5.41) is 12.8. The van der Waals surface area contributed by atoms with Gasteiger partial charge in [0.15, 0.2) is 0 Å². The van der Waals surface area contributed by atoms with Crippen LogP contribution in [0.15, 0.2) is 30.5 Å². The molecule has 0 saturated heterocycles. The lowest BCUT2D eigenvalue weighted by Crippen LogP contribution is -2.24. The zero-order valence-corrected chi connectivity index (χ0v) is 12.4. The largest absolute Gasteiger partial charge is 0.480 e. The molecule has 1 aliphatic carbocycles. The van der Waals surface area contributed by atoms with E-state index in [1.807, 2.05) is 24.3 Å². The van der Waals surface area contributed by atoms with E-state index in [4.69, 9.17) is 5.11 Å². The van der Waals surface area contributed by atoms with Crippen molar-refractivity contribution in [1.82, 2.24) is 4.57 Å². The van der Waals surface area contributed by atoms with Crippen molar-refractivity contribution >= 4 is 28.5 Å². The number of aromatic nitrogens is 1. The minimum absolute atomic E-state index is 0.0583. The zero-order valence-electron chi connectivity index (χ0n) is 12.4. The maximum Gasteiger partial charge on any atom is 0.323 e. The van der Waals surface area contributed by atoms with Crippen molar-refractivity contribution < 1.29 is 14.7 Å². The van der Waals surface area contributed by atoms with Crippen LogP contribution >= 0.6 is 0 Å². The molecular formula is C17H20N2O3. The summed E-state index contributed by atoms with van der Waals surface area (Å²) < 4.78 is 1.68.